The van der Waals surface area contributed by atoms with Gasteiger partial charge in [0.05, 0.1) is 5.56 Å². The molecule has 1 atom stereocenters. The quantitative estimate of drug-likeness (QED) is 0.825. The highest BCUT2D eigenvalue weighted by molar-refractivity contribution is 5.95. The van der Waals surface area contributed by atoms with Gasteiger partial charge < -0.3 is 10.2 Å². The van der Waals surface area contributed by atoms with Crippen LogP contribution in [-0.2, 0) is 0 Å². The fourth-order valence-electron chi connectivity index (χ4n) is 3.91. The van der Waals surface area contributed by atoms with Crippen LogP contribution < -0.4 is 5.32 Å². The van der Waals surface area contributed by atoms with E-state index in [1.165, 1.54) is 5.56 Å². The van der Waals surface area contributed by atoms with Crippen molar-refractivity contribution in [3.63, 3.8) is 0 Å². The molecule has 4 rings (SSSR count). The number of hydrogen-bond acceptors (Lipinski definition) is 4. The third-order valence-corrected chi connectivity index (χ3v) is 5.49. The first-order valence-electron chi connectivity index (χ1n) is 9.47. The van der Waals surface area contributed by atoms with Crippen molar-refractivity contribution in [2.24, 2.45) is 0 Å². The summed E-state index contributed by atoms with van der Waals surface area (Å²) in [6.45, 7) is 7.99. The summed E-state index contributed by atoms with van der Waals surface area (Å²) in [5.41, 5.74) is 4.00. The first-order valence-corrected chi connectivity index (χ1v) is 9.47. The van der Waals surface area contributed by atoms with E-state index >= 15 is 0 Å². The first-order chi connectivity index (χ1) is 12.7. The number of hydrogen-bond donors (Lipinski definition) is 1. The second kappa shape index (κ2) is 10.2. The molecular weight excluding hydrogens is 395 g/mol. The van der Waals surface area contributed by atoms with Gasteiger partial charge >= 0.3 is 0 Å². The standard InChI is InChI=1S/C21H26N4O.2ClH/c1-16-2-4-17(5-3-16)18-12-19(14-23-13-18)21(26)25-9-6-20(15-25)24-10-7-22-8-11-24;;/h2-5,12-14,20,22H,6-11,15H2,1H3;2*1H. The van der Waals surface area contributed by atoms with E-state index in [1.54, 1.807) is 6.20 Å². The lowest BCUT2D eigenvalue weighted by Crippen LogP contribution is -2.49. The van der Waals surface area contributed by atoms with Crippen LogP contribution in [0.5, 0.6) is 0 Å². The van der Waals surface area contributed by atoms with Gasteiger partial charge in [0.1, 0.15) is 0 Å². The zero-order valence-electron chi connectivity index (χ0n) is 16.1. The normalized spacial score (nSPS) is 19.6. The second-order valence-corrected chi connectivity index (χ2v) is 7.31. The van der Waals surface area contributed by atoms with Crippen LogP contribution >= 0.6 is 24.8 Å². The van der Waals surface area contributed by atoms with Crippen molar-refractivity contribution in [1.82, 2.24) is 20.1 Å². The molecule has 1 unspecified atom stereocenters. The molecule has 0 saturated carbocycles. The van der Waals surface area contributed by atoms with E-state index in [2.05, 4.69) is 46.4 Å². The number of amides is 1. The van der Waals surface area contributed by atoms with E-state index in [0.29, 0.717) is 11.6 Å². The summed E-state index contributed by atoms with van der Waals surface area (Å²) in [6, 6.07) is 10.8. The van der Waals surface area contributed by atoms with Crippen LogP contribution in [0.3, 0.4) is 0 Å². The number of likely N-dealkylation sites (tertiary alicyclic amines) is 1. The largest absolute Gasteiger partial charge is 0.337 e. The Balaban J connectivity index is 0.00000140. The van der Waals surface area contributed by atoms with Crippen molar-refractivity contribution in [2.45, 2.75) is 19.4 Å². The van der Waals surface area contributed by atoms with Crippen molar-refractivity contribution in [1.29, 1.82) is 0 Å². The molecule has 2 fully saturated rings. The Hall–Kier alpha value is -1.66. The molecule has 0 radical (unpaired) electrons. The Morgan fingerprint density at radius 1 is 1.04 bits per heavy atom. The fraction of sp³-hybridized carbons (Fsp3) is 0.429. The van der Waals surface area contributed by atoms with Gasteiger partial charge in [-0.2, -0.15) is 0 Å². The monoisotopic (exact) mass is 422 g/mol. The minimum absolute atomic E-state index is 0. The number of piperazine rings is 1. The molecular formula is C21H28Cl2N4O. The summed E-state index contributed by atoms with van der Waals surface area (Å²) < 4.78 is 0. The Kier molecular flexibility index (Phi) is 8.25. The van der Waals surface area contributed by atoms with Crippen molar-refractivity contribution in [2.75, 3.05) is 39.3 Å². The maximum atomic E-state index is 13.0. The van der Waals surface area contributed by atoms with E-state index < -0.39 is 0 Å². The zero-order chi connectivity index (χ0) is 17.9. The van der Waals surface area contributed by atoms with Gasteiger partial charge in [-0.3, -0.25) is 14.7 Å². The van der Waals surface area contributed by atoms with Crippen LogP contribution in [0.15, 0.2) is 42.7 Å². The topological polar surface area (TPSA) is 48.5 Å². The predicted molar refractivity (Wildman–Crippen MR) is 118 cm³/mol. The maximum absolute atomic E-state index is 13.0. The average molecular weight is 423 g/mol. The van der Waals surface area contributed by atoms with Crippen molar-refractivity contribution >= 4 is 30.7 Å². The summed E-state index contributed by atoms with van der Waals surface area (Å²) in [5.74, 6) is 0.101. The average Bonchev–Trinajstić information content (AvgIpc) is 3.19. The minimum atomic E-state index is 0. The van der Waals surface area contributed by atoms with Gasteiger partial charge in [-0.15, -0.1) is 24.8 Å². The summed E-state index contributed by atoms with van der Waals surface area (Å²) in [5, 5.41) is 3.39. The Labute approximate surface area is 179 Å². The van der Waals surface area contributed by atoms with E-state index in [4.69, 9.17) is 0 Å². The molecule has 0 bridgehead atoms. The fourth-order valence-corrected chi connectivity index (χ4v) is 3.91. The van der Waals surface area contributed by atoms with Gasteiger partial charge in [0.15, 0.2) is 0 Å². The van der Waals surface area contributed by atoms with Gasteiger partial charge in [0, 0.05) is 63.3 Å². The molecule has 7 heteroatoms. The van der Waals surface area contributed by atoms with Crippen LogP contribution in [-0.4, -0.2) is 66.0 Å². The third-order valence-electron chi connectivity index (χ3n) is 5.49. The van der Waals surface area contributed by atoms with Crippen LogP contribution in [0.2, 0.25) is 0 Å². The maximum Gasteiger partial charge on any atom is 0.255 e. The molecule has 1 amide bonds. The molecule has 152 valence electrons. The number of nitrogens with zero attached hydrogens (tertiary/aromatic N) is 3. The Morgan fingerprint density at radius 2 is 1.75 bits per heavy atom. The number of aryl methyl sites for hydroxylation is 1. The number of pyridine rings is 1. The SMILES string of the molecule is Cc1ccc(-c2cncc(C(=O)N3CCC(N4CCNCC4)C3)c2)cc1.Cl.Cl. The smallest absolute Gasteiger partial charge is 0.255 e. The highest BCUT2D eigenvalue weighted by Gasteiger charge is 2.31. The molecule has 2 saturated heterocycles. The van der Waals surface area contributed by atoms with Crippen LogP contribution in [0.1, 0.15) is 22.3 Å². The van der Waals surface area contributed by atoms with Crippen LogP contribution in [0.4, 0.5) is 0 Å². The minimum Gasteiger partial charge on any atom is -0.337 e. The molecule has 1 N–H and O–H groups in total. The molecule has 5 nitrogen and oxygen atoms in total. The lowest BCUT2D eigenvalue weighted by atomic mass is 10.0. The predicted octanol–water partition coefficient (Wildman–Crippen LogP) is 3.02. The molecule has 2 aliphatic heterocycles. The Bertz CT molecular complexity index is 778. The van der Waals surface area contributed by atoms with E-state index in [-0.39, 0.29) is 30.7 Å². The second-order valence-electron chi connectivity index (χ2n) is 7.31. The van der Waals surface area contributed by atoms with Crippen molar-refractivity contribution < 1.29 is 4.79 Å². The number of carbonyl (C=O) groups is 1. The van der Waals surface area contributed by atoms with E-state index in [9.17, 15) is 4.79 Å². The molecule has 2 aliphatic rings. The molecule has 1 aromatic heterocycles. The number of rotatable bonds is 3. The van der Waals surface area contributed by atoms with Crippen molar-refractivity contribution in [3.8, 4) is 11.1 Å². The molecule has 1 aromatic carbocycles. The lowest BCUT2D eigenvalue weighted by molar-refractivity contribution is 0.0773. The zero-order valence-corrected chi connectivity index (χ0v) is 17.8. The number of aromatic nitrogens is 1. The number of benzene rings is 1. The Morgan fingerprint density at radius 3 is 2.46 bits per heavy atom. The summed E-state index contributed by atoms with van der Waals surface area (Å²) in [4.78, 5) is 21.8. The summed E-state index contributed by atoms with van der Waals surface area (Å²) in [7, 11) is 0. The van der Waals surface area contributed by atoms with Gasteiger partial charge in [-0.25, -0.2) is 0 Å². The highest BCUT2D eigenvalue weighted by atomic mass is 35.5. The third kappa shape index (κ3) is 5.03. The summed E-state index contributed by atoms with van der Waals surface area (Å²) >= 11 is 0. The van der Waals surface area contributed by atoms with Gasteiger partial charge in [0.25, 0.3) is 5.91 Å². The van der Waals surface area contributed by atoms with E-state index in [0.717, 1.165) is 56.8 Å². The lowest BCUT2D eigenvalue weighted by Gasteiger charge is -2.32. The van der Waals surface area contributed by atoms with Gasteiger partial charge in [0.2, 0.25) is 0 Å². The molecule has 28 heavy (non-hydrogen) atoms. The van der Waals surface area contributed by atoms with Crippen molar-refractivity contribution in [3.05, 3.63) is 53.9 Å². The molecule has 0 aliphatic carbocycles. The van der Waals surface area contributed by atoms with E-state index in [1.807, 2.05) is 17.2 Å². The number of halogens is 2. The number of carbonyl (C=O) groups excluding carboxylic acids is 1. The molecule has 0 spiro atoms. The first kappa shape index (κ1) is 22.6. The van der Waals surface area contributed by atoms with Gasteiger partial charge in [-0.05, 0) is 25.0 Å². The highest BCUT2D eigenvalue weighted by Crippen LogP contribution is 2.22. The molecule has 3 heterocycles. The van der Waals surface area contributed by atoms with Crippen LogP contribution in [0, 0.1) is 6.92 Å². The summed E-state index contributed by atoms with van der Waals surface area (Å²) in [6.07, 6.45) is 4.59. The van der Waals surface area contributed by atoms with Gasteiger partial charge in [-0.1, -0.05) is 29.8 Å². The molecule has 2 aromatic rings. The van der Waals surface area contributed by atoms with Crippen LogP contribution in [0.25, 0.3) is 11.1 Å². The number of nitrogens with one attached hydrogen (secondary N) is 1.